The maximum atomic E-state index is 12.6. The molecule has 0 bridgehead atoms. The van der Waals surface area contributed by atoms with Gasteiger partial charge in [-0.2, -0.15) is 4.31 Å². The number of rotatable bonds is 4. The van der Waals surface area contributed by atoms with Crippen molar-refractivity contribution < 1.29 is 13.2 Å². The van der Waals surface area contributed by atoms with Crippen molar-refractivity contribution in [3.63, 3.8) is 0 Å². The lowest BCUT2D eigenvalue weighted by Crippen LogP contribution is -2.45. The average molecular weight is 328 g/mol. The molecule has 0 saturated carbocycles. The Balaban J connectivity index is 1.71. The van der Waals surface area contributed by atoms with Crippen LogP contribution in [-0.2, 0) is 21.8 Å². The van der Waals surface area contributed by atoms with Crippen LogP contribution in [0.5, 0.6) is 0 Å². The van der Waals surface area contributed by atoms with Crippen molar-refractivity contribution in [2.75, 3.05) is 40.3 Å². The second-order valence-corrected chi connectivity index (χ2v) is 8.47. The zero-order chi connectivity index (χ0) is 15.9. The molecular weight excluding hydrogens is 304 g/mol. The summed E-state index contributed by atoms with van der Waals surface area (Å²) in [4.78, 5) is 6.13. The first kappa shape index (κ1) is 15.9. The van der Waals surface area contributed by atoms with Crippen molar-refractivity contribution in [2.24, 2.45) is 18.9 Å². The Bertz CT molecular complexity index is 628. The van der Waals surface area contributed by atoms with Crippen LogP contribution in [-0.4, -0.2) is 73.6 Å². The number of aryl methyl sites for hydroxylation is 1. The smallest absolute Gasteiger partial charge is 0.262 e. The van der Waals surface area contributed by atoms with E-state index in [1.54, 1.807) is 22.1 Å². The van der Waals surface area contributed by atoms with Gasteiger partial charge in [-0.05, 0) is 26.4 Å². The molecule has 3 atom stereocenters. The third kappa shape index (κ3) is 2.92. The summed E-state index contributed by atoms with van der Waals surface area (Å²) in [5.41, 5.74) is 0. The quantitative estimate of drug-likeness (QED) is 0.779. The van der Waals surface area contributed by atoms with Crippen molar-refractivity contribution in [1.29, 1.82) is 0 Å². The highest BCUT2D eigenvalue weighted by atomic mass is 32.2. The van der Waals surface area contributed by atoms with Gasteiger partial charge in [-0.25, -0.2) is 13.4 Å². The Morgan fingerprint density at radius 1 is 1.45 bits per heavy atom. The maximum absolute atomic E-state index is 12.6. The fourth-order valence-electron chi connectivity index (χ4n) is 3.47. The number of aromatic nitrogens is 2. The van der Waals surface area contributed by atoms with Gasteiger partial charge in [0.25, 0.3) is 10.0 Å². The third-order valence-corrected chi connectivity index (χ3v) is 6.34. The van der Waals surface area contributed by atoms with E-state index in [9.17, 15) is 8.42 Å². The van der Waals surface area contributed by atoms with E-state index >= 15 is 0 Å². The van der Waals surface area contributed by atoms with Crippen LogP contribution in [0.15, 0.2) is 17.6 Å². The Hall–Kier alpha value is -0.960. The molecule has 3 rings (SSSR count). The topological polar surface area (TPSA) is 67.7 Å². The lowest BCUT2D eigenvalue weighted by Gasteiger charge is -2.34. The zero-order valence-electron chi connectivity index (χ0n) is 13.3. The Kier molecular flexibility index (Phi) is 4.28. The summed E-state index contributed by atoms with van der Waals surface area (Å²) in [6.45, 7) is 2.63. The highest BCUT2D eigenvalue weighted by Crippen LogP contribution is 2.36. The van der Waals surface area contributed by atoms with Crippen LogP contribution in [0.4, 0.5) is 0 Å². The van der Waals surface area contributed by atoms with Crippen molar-refractivity contribution in [3.8, 4) is 0 Å². The number of sulfonamides is 1. The minimum Gasteiger partial charge on any atom is -0.376 e. The molecule has 2 fully saturated rings. The number of hydrogen-bond donors (Lipinski definition) is 0. The largest absolute Gasteiger partial charge is 0.376 e. The number of ether oxygens (including phenoxy) is 1. The minimum atomic E-state index is -3.48. The molecule has 7 nitrogen and oxygen atoms in total. The first-order valence-corrected chi connectivity index (χ1v) is 9.06. The highest BCUT2D eigenvalue weighted by Gasteiger charge is 2.44. The maximum Gasteiger partial charge on any atom is 0.262 e. The van der Waals surface area contributed by atoms with E-state index in [2.05, 4.69) is 9.88 Å². The van der Waals surface area contributed by atoms with Crippen LogP contribution >= 0.6 is 0 Å². The summed E-state index contributed by atoms with van der Waals surface area (Å²) in [6.07, 6.45) is 4.15. The number of fused-ring (bicyclic) bond motifs is 1. The number of nitrogens with zero attached hydrogens (tertiary/aromatic N) is 4. The average Bonchev–Trinajstić information content (AvgIpc) is 3.05. The molecule has 124 valence electrons. The van der Waals surface area contributed by atoms with Crippen molar-refractivity contribution in [2.45, 2.75) is 17.6 Å². The Morgan fingerprint density at radius 2 is 2.23 bits per heavy atom. The van der Waals surface area contributed by atoms with Crippen molar-refractivity contribution in [1.82, 2.24) is 18.8 Å². The van der Waals surface area contributed by atoms with E-state index in [1.165, 1.54) is 6.33 Å². The molecule has 0 radical (unpaired) electrons. The van der Waals surface area contributed by atoms with E-state index in [1.807, 2.05) is 14.1 Å². The predicted octanol–water partition coefficient (Wildman–Crippen LogP) is 0.00730. The molecule has 0 N–H and O–H groups in total. The van der Waals surface area contributed by atoms with Gasteiger partial charge in [0, 0.05) is 38.8 Å². The molecule has 0 amide bonds. The number of piperidine rings is 1. The third-order valence-electron chi connectivity index (χ3n) is 4.59. The SMILES string of the molecule is CN(C)C[C@@H]1OC[C@H]2CN(S(=O)(=O)c3cn(C)cn3)CC[C@H]21. The van der Waals surface area contributed by atoms with Crippen LogP contribution in [0.1, 0.15) is 6.42 Å². The van der Waals surface area contributed by atoms with Crippen LogP contribution in [0.2, 0.25) is 0 Å². The lowest BCUT2D eigenvalue weighted by molar-refractivity contribution is 0.0653. The summed E-state index contributed by atoms with van der Waals surface area (Å²) >= 11 is 0. The molecule has 22 heavy (non-hydrogen) atoms. The fraction of sp³-hybridized carbons (Fsp3) is 0.786. The van der Waals surface area contributed by atoms with E-state index in [0.29, 0.717) is 25.6 Å². The Labute approximate surface area is 131 Å². The molecule has 0 aromatic carbocycles. The van der Waals surface area contributed by atoms with Crippen LogP contribution in [0.3, 0.4) is 0 Å². The second kappa shape index (κ2) is 5.92. The van der Waals surface area contributed by atoms with Gasteiger partial charge in [0.2, 0.25) is 0 Å². The summed E-state index contributed by atoms with van der Waals surface area (Å²) < 4.78 is 34.4. The molecule has 0 aliphatic carbocycles. The zero-order valence-corrected chi connectivity index (χ0v) is 14.2. The van der Waals surface area contributed by atoms with Crippen LogP contribution < -0.4 is 0 Å². The molecule has 1 aromatic heterocycles. The molecule has 2 aliphatic rings. The molecule has 0 spiro atoms. The standard InChI is InChI=1S/C14H24N4O3S/c1-16(2)7-13-12-4-5-18(6-11(12)9-21-13)22(19,20)14-8-17(3)10-15-14/h8,10-13H,4-7,9H2,1-3H3/t11-,12-,13+/m1/s1. The number of hydrogen-bond acceptors (Lipinski definition) is 5. The van der Waals surface area contributed by atoms with Gasteiger partial charge in [0.15, 0.2) is 5.03 Å². The van der Waals surface area contributed by atoms with Gasteiger partial charge in [-0.3, -0.25) is 0 Å². The summed E-state index contributed by atoms with van der Waals surface area (Å²) in [5.74, 6) is 0.745. The highest BCUT2D eigenvalue weighted by molar-refractivity contribution is 7.89. The van der Waals surface area contributed by atoms with Crippen molar-refractivity contribution >= 4 is 10.0 Å². The monoisotopic (exact) mass is 328 g/mol. The molecule has 3 heterocycles. The molecular formula is C14H24N4O3S. The normalized spacial score (nSPS) is 29.9. The molecule has 8 heteroatoms. The van der Waals surface area contributed by atoms with Crippen molar-refractivity contribution in [3.05, 3.63) is 12.5 Å². The van der Waals surface area contributed by atoms with Gasteiger partial charge in [-0.1, -0.05) is 0 Å². The first-order chi connectivity index (χ1) is 10.4. The Morgan fingerprint density at radius 3 is 2.86 bits per heavy atom. The van der Waals surface area contributed by atoms with E-state index in [-0.39, 0.29) is 17.0 Å². The first-order valence-electron chi connectivity index (χ1n) is 7.62. The van der Waals surface area contributed by atoms with Gasteiger partial charge >= 0.3 is 0 Å². The second-order valence-electron chi connectivity index (χ2n) is 6.59. The number of likely N-dealkylation sites (N-methyl/N-ethyl adjacent to an activating group) is 1. The fourth-order valence-corrected chi connectivity index (χ4v) is 4.95. The summed E-state index contributed by atoms with van der Waals surface area (Å²) in [5, 5.41) is 0.136. The van der Waals surface area contributed by atoms with Gasteiger partial charge in [-0.15, -0.1) is 0 Å². The summed E-state index contributed by atoms with van der Waals surface area (Å²) in [6, 6.07) is 0. The van der Waals surface area contributed by atoms with Gasteiger partial charge in [0.1, 0.15) is 0 Å². The van der Waals surface area contributed by atoms with Gasteiger partial charge < -0.3 is 14.2 Å². The van der Waals surface area contributed by atoms with E-state index < -0.39 is 10.0 Å². The molecule has 2 saturated heterocycles. The molecule has 1 aromatic rings. The minimum absolute atomic E-state index is 0.136. The van der Waals surface area contributed by atoms with Crippen LogP contribution in [0, 0.1) is 11.8 Å². The van der Waals surface area contributed by atoms with E-state index in [4.69, 9.17) is 4.74 Å². The molecule has 0 unspecified atom stereocenters. The molecule has 2 aliphatic heterocycles. The lowest BCUT2D eigenvalue weighted by atomic mass is 9.85. The van der Waals surface area contributed by atoms with Crippen LogP contribution in [0.25, 0.3) is 0 Å². The summed E-state index contributed by atoms with van der Waals surface area (Å²) in [7, 11) is 2.37. The predicted molar refractivity (Wildman–Crippen MR) is 81.9 cm³/mol. The number of imidazole rings is 1. The van der Waals surface area contributed by atoms with E-state index in [0.717, 1.165) is 13.0 Å². The van der Waals surface area contributed by atoms with Gasteiger partial charge in [0.05, 0.1) is 19.0 Å².